The molecule has 0 aromatic heterocycles. The fourth-order valence-corrected chi connectivity index (χ4v) is 4.00. The summed E-state index contributed by atoms with van der Waals surface area (Å²) in [6, 6.07) is 10.2. The maximum absolute atomic E-state index is 12.6. The Labute approximate surface area is 130 Å². The zero-order valence-corrected chi connectivity index (χ0v) is 12.8. The average Bonchev–Trinajstić information content (AvgIpc) is 3.18. The summed E-state index contributed by atoms with van der Waals surface area (Å²) in [5.74, 6) is -1.24. The van der Waals surface area contributed by atoms with Crippen molar-refractivity contribution in [1.82, 2.24) is 5.32 Å². The van der Waals surface area contributed by atoms with Crippen LogP contribution in [0.1, 0.15) is 50.5 Å². The Morgan fingerprint density at radius 1 is 1.05 bits per heavy atom. The second kappa shape index (κ2) is 6.11. The molecule has 0 radical (unpaired) electrons. The summed E-state index contributed by atoms with van der Waals surface area (Å²) in [7, 11) is 0. The van der Waals surface area contributed by atoms with Crippen molar-refractivity contribution >= 4 is 11.9 Å². The van der Waals surface area contributed by atoms with Gasteiger partial charge in [0.1, 0.15) is 0 Å². The summed E-state index contributed by atoms with van der Waals surface area (Å²) in [6.45, 7) is 0. The van der Waals surface area contributed by atoms with Gasteiger partial charge in [0.25, 0.3) is 0 Å². The van der Waals surface area contributed by atoms with Gasteiger partial charge in [0.15, 0.2) is 0 Å². The van der Waals surface area contributed by atoms with Gasteiger partial charge in [-0.2, -0.15) is 0 Å². The van der Waals surface area contributed by atoms with E-state index < -0.39 is 5.97 Å². The van der Waals surface area contributed by atoms with Crippen LogP contribution in [-0.2, 0) is 15.1 Å². The lowest BCUT2D eigenvalue weighted by molar-refractivity contribution is -0.141. The highest BCUT2D eigenvalue weighted by Crippen LogP contribution is 2.40. The van der Waals surface area contributed by atoms with Gasteiger partial charge in [-0.05, 0) is 37.7 Å². The van der Waals surface area contributed by atoms with E-state index in [-0.39, 0.29) is 23.3 Å². The zero-order valence-electron chi connectivity index (χ0n) is 12.8. The largest absolute Gasteiger partial charge is 0.481 e. The van der Waals surface area contributed by atoms with Gasteiger partial charge in [0.05, 0.1) is 11.5 Å². The summed E-state index contributed by atoms with van der Waals surface area (Å²) in [4.78, 5) is 23.7. The summed E-state index contributed by atoms with van der Waals surface area (Å²) in [5.41, 5.74) is 0.924. The third kappa shape index (κ3) is 2.87. The Morgan fingerprint density at radius 2 is 1.68 bits per heavy atom. The SMILES string of the molecule is O=C(O)[C@@H]1CC[C@H](C(=O)NC2(c3ccccc3)CCCC2)C1. The van der Waals surface area contributed by atoms with Gasteiger partial charge in [0, 0.05) is 5.92 Å². The van der Waals surface area contributed by atoms with E-state index in [4.69, 9.17) is 5.11 Å². The van der Waals surface area contributed by atoms with Gasteiger partial charge in [-0.1, -0.05) is 43.2 Å². The molecule has 22 heavy (non-hydrogen) atoms. The second-order valence-electron chi connectivity index (χ2n) is 6.69. The molecule has 2 aliphatic carbocycles. The molecule has 0 aliphatic heterocycles. The molecule has 0 bridgehead atoms. The van der Waals surface area contributed by atoms with E-state index in [9.17, 15) is 9.59 Å². The standard InChI is InChI=1S/C18H23NO3/c20-16(13-8-9-14(12-13)17(21)22)19-18(10-4-5-11-18)15-6-2-1-3-7-15/h1-3,6-7,13-14H,4-5,8-12H2,(H,19,20)(H,21,22)/t13-,14+/m0/s1. The molecule has 1 aromatic carbocycles. The molecular formula is C18H23NO3. The summed E-state index contributed by atoms with van der Waals surface area (Å²) >= 11 is 0. The maximum atomic E-state index is 12.6. The van der Waals surface area contributed by atoms with E-state index in [1.807, 2.05) is 18.2 Å². The van der Waals surface area contributed by atoms with Gasteiger partial charge < -0.3 is 10.4 Å². The minimum Gasteiger partial charge on any atom is -0.481 e. The van der Waals surface area contributed by atoms with Crippen LogP contribution in [-0.4, -0.2) is 17.0 Å². The van der Waals surface area contributed by atoms with Crippen LogP contribution in [0.25, 0.3) is 0 Å². The molecule has 118 valence electrons. The van der Waals surface area contributed by atoms with Crippen molar-refractivity contribution in [1.29, 1.82) is 0 Å². The van der Waals surface area contributed by atoms with Crippen molar-refractivity contribution in [2.24, 2.45) is 11.8 Å². The second-order valence-corrected chi connectivity index (χ2v) is 6.69. The highest BCUT2D eigenvalue weighted by molar-refractivity contribution is 5.81. The van der Waals surface area contributed by atoms with E-state index in [2.05, 4.69) is 17.4 Å². The van der Waals surface area contributed by atoms with Crippen LogP contribution in [0.2, 0.25) is 0 Å². The van der Waals surface area contributed by atoms with Gasteiger partial charge in [-0.15, -0.1) is 0 Å². The van der Waals surface area contributed by atoms with Crippen molar-refractivity contribution in [3.63, 3.8) is 0 Å². The molecule has 0 heterocycles. The minimum absolute atomic E-state index is 0.0366. The Morgan fingerprint density at radius 3 is 2.27 bits per heavy atom. The van der Waals surface area contributed by atoms with Gasteiger partial charge in [-0.25, -0.2) is 0 Å². The van der Waals surface area contributed by atoms with Crippen LogP contribution in [0.5, 0.6) is 0 Å². The minimum atomic E-state index is -0.770. The lowest BCUT2D eigenvalue weighted by Crippen LogP contribution is -2.46. The molecule has 0 unspecified atom stereocenters. The number of hydrogen-bond acceptors (Lipinski definition) is 2. The summed E-state index contributed by atoms with van der Waals surface area (Å²) in [5, 5.41) is 12.4. The lowest BCUT2D eigenvalue weighted by atomic mass is 9.87. The fourth-order valence-electron chi connectivity index (χ4n) is 4.00. The zero-order chi connectivity index (χ0) is 15.6. The molecule has 3 rings (SSSR count). The molecule has 0 saturated heterocycles. The molecule has 0 spiro atoms. The maximum Gasteiger partial charge on any atom is 0.306 e. The normalized spacial score (nSPS) is 26.7. The number of nitrogens with one attached hydrogen (secondary N) is 1. The Balaban J connectivity index is 1.72. The number of benzene rings is 1. The molecule has 2 saturated carbocycles. The first kappa shape index (κ1) is 15.1. The number of carboxylic acid groups (broad SMARTS) is 1. The number of amides is 1. The number of rotatable bonds is 4. The third-order valence-corrected chi connectivity index (χ3v) is 5.30. The summed E-state index contributed by atoms with van der Waals surface area (Å²) in [6.07, 6.45) is 5.97. The molecule has 2 fully saturated rings. The summed E-state index contributed by atoms with van der Waals surface area (Å²) < 4.78 is 0. The number of aliphatic carboxylic acids is 1. The highest BCUT2D eigenvalue weighted by Gasteiger charge is 2.40. The van der Waals surface area contributed by atoms with E-state index in [1.54, 1.807) is 0 Å². The van der Waals surface area contributed by atoms with E-state index >= 15 is 0 Å². The van der Waals surface area contributed by atoms with Crippen LogP contribution >= 0.6 is 0 Å². The predicted octanol–water partition coefficient (Wildman–Crippen LogP) is 3.07. The van der Waals surface area contributed by atoms with Crippen LogP contribution in [0.4, 0.5) is 0 Å². The van der Waals surface area contributed by atoms with Crippen molar-refractivity contribution < 1.29 is 14.7 Å². The third-order valence-electron chi connectivity index (χ3n) is 5.30. The Hall–Kier alpha value is -1.84. The Kier molecular flexibility index (Phi) is 4.19. The van der Waals surface area contributed by atoms with Gasteiger partial charge in [0.2, 0.25) is 5.91 Å². The first-order chi connectivity index (χ1) is 10.6. The van der Waals surface area contributed by atoms with E-state index in [1.165, 1.54) is 5.56 Å². The van der Waals surface area contributed by atoms with Crippen LogP contribution in [0.3, 0.4) is 0 Å². The van der Waals surface area contributed by atoms with Crippen molar-refractivity contribution in [3.8, 4) is 0 Å². The fraction of sp³-hybridized carbons (Fsp3) is 0.556. The molecule has 1 amide bonds. The van der Waals surface area contributed by atoms with E-state index in [0.29, 0.717) is 19.3 Å². The molecular weight excluding hydrogens is 278 g/mol. The smallest absolute Gasteiger partial charge is 0.306 e. The first-order valence-electron chi connectivity index (χ1n) is 8.21. The number of carbonyl (C=O) groups is 2. The van der Waals surface area contributed by atoms with Crippen molar-refractivity contribution in [3.05, 3.63) is 35.9 Å². The van der Waals surface area contributed by atoms with Gasteiger partial charge >= 0.3 is 5.97 Å². The van der Waals surface area contributed by atoms with Crippen LogP contribution in [0.15, 0.2) is 30.3 Å². The number of carbonyl (C=O) groups excluding carboxylic acids is 1. The van der Waals surface area contributed by atoms with Gasteiger partial charge in [-0.3, -0.25) is 9.59 Å². The molecule has 2 atom stereocenters. The predicted molar refractivity (Wildman–Crippen MR) is 83.2 cm³/mol. The molecule has 4 nitrogen and oxygen atoms in total. The molecule has 2 N–H and O–H groups in total. The van der Waals surface area contributed by atoms with Crippen molar-refractivity contribution in [2.75, 3.05) is 0 Å². The Bertz CT molecular complexity index is 549. The average molecular weight is 301 g/mol. The lowest BCUT2D eigenvalue weighted by Gasteiger charge is -2.32. The monoisotopic (exact) mass is 301 g/mol. The quantitative estimate of drug-likeness (QED) is 0.898. The first-order valence-corrected chi connectivity index (χ1v) is 8.21. The highest BCUT2D eigenvalue weighted by atomic mass is 16.4. The number of carboxylic acids is 1. The van der Waals surface area contributed by atoms with Crippen LogP contribution < -0.4 is 5.32 Å². The van der Waals surface area contributed by atoms with Crippen molar-refractivity contribution in [2.45, 2.75) is 50.5 Å². The van der Waals surface area contributed by atoms with E-state index in [0.717, 1.165) is 25.7 Å². The molecule has 2 aliphatic rings. The topological polar surface area (TPSA) is 66.4 Å². The number of hydrogen-bond donors (Lipinski definition) is 2. The van der Waals surface area contributed by atoms with Crippen LogP contribution in [0, 0.1) is 11.8 Å². The molecule has 1 aromatic rings. The molecule has 4 heteroatoms.